The number of ether oxygens (including phenoxy) is 1. The van der Waals surface area contributed by atoms with Gasteiger partial charge in [-0.1, -0.05) is 37.1 Å². The number of fused-ring (bicyclic) bond motifs is 1. The van der Waals surface area contributed by atoms with Gasteiger partial charge in [0.1, 0.15) is 0 Å². The quantitative estimate of drug-likeness (QED) is 0.868. The molecule has 2 aliphatic rings. The predicted octanol–water partition coefficient (Wildman–Crippen LogP) is 3.04. The summed E-state index contributed by atoms with van der Waals surface area (Å²) < 4.78 is 4.76. The number of benzene rings is 1. The lowest BCUT2D eigenvalue weighted by molar-refractivity contribution is -0.139. The minimum absolute atomic E-state index is 0.165. The Morgan fingerprint density at radius 3 is 3.05 bits per heavy atom. The van der Waals surface area contributed by atoms with Crippen molar-refractivity contribution in [3.05, 3.63) is 35.4 Å². The number of carbonyl (C=O) groups excluding carboxylic acids is 1. The molecule has 3 heteroatoms. The molecule has 1 saturated heterocycles. The Balaban J connectivity index is 1.69. The lowest BCUT2D eigenvalue weighted by atomic mass is 9.74. The van der Waals surface area contributed by atoms with Crippen molar-refractivity contribution in [3.63, 3.8) is 0 Å². The third-order valence-electron chi connectivity index (χ3n) is 5.12. The van der Waals surface area contributed by atoms with E-state index in [1.807, 2.05) is 6.07 Å². The van der Waals surface area contributed by atoms with Crippen LogP contribution >= 0.6 is 0 Å². The van der Waals surface area contributed by atoms with Crippen molar-refractivity contribution in [3.8, 4) is 0 Å². The summed E-state index contributed by atoms with van der Waals surface area (Å²) >= 11 is 0. The Hall–Kier alpha value is -1.35. The van der Waals surface area contributed by atoms with Crippen molar-refractivity contribution in [2.75, 3.05) is 13.7 Å². The fraction of sp³-hybridized carbons (Fsp3) is 0.611. The van der Waals surface area contributed by atoms with Gasteiger partial charge in [-0.05, 0) is 42.2 Å². The van der Waals surface area contributed by atoms with Gasteiger partial charge in [-0.2, -0.15) is 0 Å². The van der Waals surface area contributed by atoms with Gasteiger partial charge < -0.3 is 10.1 Å². The summed E-state index contributed by atoms with van der Waals surface area (Å²) in [7, 11) is 1.44. The molecule has 0 radical (unpaired) electrons. The predicted molar refractivity (Wildman–Crippen MR) is 83.3 cm³/mol. The van der Waals surface area contributed by atoms with E-state index < -0.39 is 0 Å². The normalized spacial score (nSPS) is 28.7. The Labute approximate surface area is 127 Å². The maximum atomic E-state index is 11.4. The third kappa shape index (κ3) is 3.46. The molecule has 0 spiro atoms. The van der Waals surface area contributed by atoms with Crippen LogP contribution in [0.5, 0.6) is 0 Å². The Morgan fingerprint density at radius 2 is 2.19 bits per heavy atom. The first kappa shape index (κ1) is 14.6. The first-order valence-electron chi connectivity index (χ1n) is 8.15. The second kappa shape index (κ2) is 6.61. The molecule has 114 valence electrons. The molecule has 1 saturated carbocycles. The van der Waals surface area contributed by atoms with E-state index in [1.165, 1.54) is 44.8 Å². The van der Waals surface area contributed by atoms with E-state index in [-0.39, 0.29) is 5.97 Å². The van der Waals surface area contributed by atoms with Crippen molar-refractivity contribution in [1.29, 1.82) is 0 Å². The number of methoxy groups -OCH3 is 1. The zero-order valence-electron chi connectivity index (χ0n) is 12.8. The van der Waals surface area contributed by atoms with Crippen LogP contribution in [0.4, 0.5) is 0 Å². The minimum atomic E-state index is -0.165. The van der Waals surface area contributed by atoms with Gasteiger partial charge in [0.05, 0.1) is 13.5 Å². The van der Waals surface area contributed by atoms with E-state index in [0.29, 0.717) is 12.3 Å². The molecule has 0 bridgehead atoms. The summed E-state index contributed by atoms with van der Waals surface area (Å²) in [6.07, 6.45) is 7.15. The molecular weight excluding hydrogens is 262 g/mol. The lowest BCUT2D eigenvalue weighted by Gasteiger charge is -2.40. The monoisotopic (exact) mass is 287 g/mol. The molecule has 1 aromatic rings. The van der Waals surface area contributed by atoms with Crippen LogP contribution in [0, 0.1) is 5.92 Å². The summed E-state index contributed by atoms with van der Waals surface area (Å²) in [5.41, 5.74) is 2.43. The highest BCUT2D eigenvalue weighted by molar-refractivity contribution is 5.72. The van der Waals surface area contributed by atoms with Crippen LogP contribution < -0.4 is 5.32 Å². The SMILES string of the molecule is COC(=O)Cc1cccc(C2CNC3CCCCC3C2)c1. The summed E-state index contributed by atoms with van der Waals surface area (Å²) in [5, 5.41) is 3.75. The number of hydrogen-bond acceptors (Lipinski definition) is 3. The van der Waals surface area contributed by atoms with Crippen LogP contribution in [0.1, 0.15) is 49.1 Å². The average molecular weight is 287 g/mol. The van der Waals surface area contributed by atoms with Crippen molar-refractivity contribution >= 4 is 5.97 Å². The first-order valence-corrected chi connectivity index (χ1v) is 8.15. The molecule has 1 aliphatic heterocycles. The van der Waals surface area contributed by atoms with Crippen LogP contribution in [-0.4, -0.2) is 25.7 Å². The number of rotatable bonds is 3. The molecule has 0 amide bonds. The number of hydrogen-bond donors (Lipinski definition) is 1. The number of piperidine rings is 1. The van der Waals surface area contributed by atoms with Crippen LogP contribution in [0.3, 0.4) is 0 Å². The van der Waals surface area contributed by atoms with Gasteiger partial charge in [0.15, 0.2) is 0 Å². The second-order valence-electron chi connectivity index (χ2n) is 6.49. The Bertz CT molecular complexity index is 500. The molecule has 1 aliphatic carbocycles. The zero-order chi connectivity index (χ0) is 14.7. The van der Waals surface area contributed by atoms with Crippen LogP contribution in [0.25, 0.3) is 0 Å². The van der Waals surface area contributed by atoms with Crippen molar-refractivity contribution in [2.24, 2.45) is 5.92 Å². The van der Waals surface area contributed by atoms with Gasteiger partial charge in [0.25, 0.3) is 0 Å². The van der Waals surface area contributed by atoms with Gasteiger partial charge in [-0.25, -0.2) is 0 Å². The Kier molecular flexibility index (Phi) is 4.59. The highest BCUT2D eigenvalue weighted by atomic mass is 16.5. The van der Waals surface area contributed by atoms with Crippen molar-refractivity contribution in [2.45, 2.75) is 50.5 Å². The fourth-order valence-electron chi connectivity index (χ4n) is 3.95. The first-order chi connectivity index (χ1) is 10.3. The largest absolute Gasteiger partial charge is 0.469 e. The fourth-order valence-corrected chi connectivity index (χ4v) is 3.95. The van der Waals surface area contributed by atoms with E-state index in [1.54, 1.807) is 0 Å². The second-order valence-corrected chi connectivity index (χ2v) is 6.49. The summed E-state index contributed by atoms with van der Waals surface area (Å²) in [6, 6.07) is 9.22. The van der Waals surface area contributed by atoms with Crippen molar-refractivity contribution in [1.82, 2.24) is 5.32 Å². The minimum Gasteiger partial charge on any atom is -0.469 e. The van der Waals surface area contributed by atoms with Gasteiger partial charge in [-0.3, -0.25) is 4.79 Å². The van der Waals surface area contributed by atoms with Gasteiger partial charge in [0.2, 0.25) is 0 Å². The van der Waals surface area contributed by atoms with E-state index in [2.05, 4.69) is 23.5 Å². The Morgan fingerprint density at radius 1 is 1.33 bits per heavy atom. The third-order valence-corrected chi connectivity index (χ3v) is 5.12. The number of esters is 1. The van der Waals surface area contributed by atoms with E-state index >= 15 is 0 Å². The molecular formula is C18H25NO2. The van der Waals surface area contributed by atoms with Gasteiger partial charge in [0, 0.05) is 12.6 Å². The molecule has 1 aromatic carbocycles. The highest BCUT2D eigenvalue weighted by Crippen LogP contribution is 2.36. The number of nitrogens with one attached hydrogen (secondary N) is 1. The molecule has 3 nitrogen and oxygen atoms in total. The maximum absolute atomic E-state index is 11.4. The molecule has 1 N–H and O–H groups in total. The molecule has 0 aromatic heterocycles. The zero-order valence-corrected chi connectivity index (χ0v) is 12.8. The van der Waals surface area contributed by atoms with E-state index in [4.69, 9.17) is 4.74 Å². The van der Waals surface area contributed by atoms with Gasteiger partial charge >= 0.3 is 5.97 Å². The van der Waals surface area contributed by atoms with E-state index in [9.17, 15) is 4.79 Å². The molecule has 3 atom stereocenters. The van der Waals surface area contributed by atoms with Crippen molar-refractivity contribution < 1.29 is 9.53 Å². The summed E-state index contributed by atoms with van der Waals surface area (Å²) in [6.45, 7) is 1.07. The smallest absolute Gasteiger partial charge is 0.309 e. The van der Waals surface area contributed by atoms with Crippen LogP contribution in [0.15, 0.2) is 24.3 Å². The van der Waals surface area contributed by atoms with Crippen LogP contribution in [-0.2, 0) is 16.0 Å². The summed E-state index contributed by atoms with van der Waals surface area (Å²) in [4.78, 5) is 11.4. The molecule has 21 heavy (non-hydrogen) atoms. The molecule has 3 unspecified atom stereocenters. The standard InChI is InChI=1S/C18H25NO2/c1-21-18(20)10-13-5-4-7-14(9-13)16-11-15-6-2-3-8-17(15)19-12-16/h4-5,7,9,15-17,19H,2-3,6,8,10-12H2,1H3. The van der Waals surface area contributed by atoms with Crippen LogP contribution in [0.2, 0.25) is 0 Å². The van der Waals surface area contributed by atoms with Gasteiger partial charge in [-0.15, -0.1) is 0 Å². The molecule has 2 fully saturated rings. The lowest BCUT2D eigenvalue weighted by Crippen LogP contribution is -2.46. The molecule has 3 rings (SSSR count). The highest BCUT2D eigenvalue weighted by Gasteiger charge is 2.32. The maximum Gasteiger partial charge on any atom is 0.309 e. The average Bonchev–Trinajstić information content (AvgIpc) is 2.54. The van der Waals surface area contributed by atoms with E-state index in [0.717, 1.165) is 24.1 Å². The summed E-state index contributed by atoms with van der Waals surface area (Å²) in [5.74, 6) is 1.25. The topological polar surface area (TPSA) is 38.3 Å². The number of carbonyl (C=O) groups is 1. The molecule has 1 heterocycles.